The minimum absolute atomic E-state index is 0.215. The van der Waals surface area contributed by atoms with Crippen molar-refractivity contribution in [3.05, 3.63) is 12.2 Å². The molecule has 0 saturated heterocycles. The first-order chi connectivity index (χ1) is 6.87. The van der Waals surface area contributed by atoms with E-state index < -0.39 is 11.7 Å². The predicted molar refractivity (Wildman–Crippen MR) is 59.2 cm³/mol. The standard InChI is InChI=1S/C11H20N2O2/c1-8-5-6-9(7-8)12-13-10(14)15-11(2,3)4/h5-6,8-9,12H,7H2,1-4H3,(H,13,14)/t8-,9-/m1/s1. The molecule has 4 nitrogen and oxygen atoms in total. The van der Waals surface area contributed by atoms with Gasteiger partial charge in [-0.25, -0.2) is 10.2 Å². The van der Waals surface area contributed by atoms with Crippen molar-refractivity contribution in [2.24, 2.45) is 5.92 Å². The molecule has 1 rings (SSSR count). The van der Waals surface area contributed by atoms with Gasteiger partial charge in [0.15, 0.2) is 0 Å². The largest absolute Gasteiger partial charge is 0.443 e. The molecule has 2 N–H and O–H groups in total. The second-order valence-corrected chi connectivity index (χ2v) is 4.98. The van der Waals surface area contributed by atoms with Gasteiger partial charge < -0.3 is 4.74 Å². The Morgan fingerprint density at radius 3 is 2.53 bits per heavy atom. The van der Waals surface area contributed by atoms with Gasteiger partial charge in [0.1, 0.15) is 5.60 Å². The van der Waals surface area contributed by atoms with Crippen LogP contribution in [-0.4, -0.2) is 17.7 Å². The number of hydrogen-bond donors (Lipinski definition) is 2. The normalized spacial score (nSPS) is 25.3. The van der Waals surface area contributed by atoms with Crippen molar-refractivity contribution in [1.29, 1.82) is 0 Å². The molecule has 1 aliphatic rings. The third-order valence-corrected chi connectivity index (χ3v) is 2.06. The number of carbonyl (C=O) groups is 1. The molecule has 0 fully saturated rings. The molecular weight excluding hydrogens is 192 g/mol. The van der Waals surface area contributed by atoms with Gasteiger partial charge in [0.2, 0.25) is 0 Å². The number of nitrogens with one attached hydrogen (secondary N) is 2. The summed E-state index contributed by atoms with van der Waals surface area (Å²) in [6.45, 7) is 7.66. The van der Waals surface area contributed by atoms with E-state index in [1.54, 1.807) is 0 Å². The lowest BCUT2D eigenvalue weighted by Crippen LogP contribution is -2.45. The highest BCUT2D eigenvalue weighted by Crippen LogP contribution is 2.15. The van der Waals surface area contributed by atoms with E-state index in [1.807, 2.05) is 20.8 Å². The Balaban J connectivity index is 2.20. The molecule has 0 spiro atoms. The smallest absolute Gasteiger partial charge is 0.422 e. The summed E-state index contributed by atoms with van der Waals surface area (Å²) in [5.41, 5.74) is 5.01. The molecule has 0 heterocycles. The average Bonchev–Trinajstić information content (AvgIpc) is 2.45. The van der Waals surface area contributed by atoms with Crippen molar-refractivity contribution in [3.63, 3.8) is 0 Å². The first kappa shape index (κ1) is 12.0. The Bertz CT molecular complexity index is 256. The number of ether oxygens (including phenoxy) is 1. The minimum atomic E-state index is -0.454. The molecule has 0 aromatic rings. The van der Waals surface area contributed by atoms with Crippen molar-refractivity contribution >= 4 is 6.09 Å². The van der Waals surface area contributed by atoms with E-state index in [0.717, 1.165) is 6.42 Å². The second-order valence-electron chi connectivity index (χ2n) is 4.98. The SMILES string of the molecule is C[C@@H]1C=C[C@@H](NNC(=O)OC(C)(C)C)C1. The van der Waals surface area contributed by atoms with Gasteiger partial charge in [-0.1, -0.05) is 19.1 Å². The van der Waals surface area contributed by atoms with Crippen molar-refractivity contribution in [3.8, 4) is 0 Å². The zero-order valence-corrected chi connectivity index (χ0v) is 9.83. The van der Waals surface area contributed by atoms with E-state index in [4.69, 9.17) is 4.74 Å². The summed E-state index contributed by atoms with van der Waals surface area (Å²) in [4.78, 5) is 11.3. The fourth-order valence-corrected chi connectivity index (χ4v) is 1.44. The maximum atomic E-state index is 11.3. The van der Waals surface area contributed by atoms with Gasteiger partial charge in [-0.05, 0) is 33.1 Å². The molecule has 0 bridgehead atoms. The van der Waals surface area contributed by atoms with Crippen LogP contribution in [0.25, 0.3) is 0 Å². The van der Waals surface area contributed by atoms with E-state index in [-0.39, 0.29) is 6.04 Å². The fourth-order valence-electron chi connectivity index (χ4n) is 1.44. The van der Waals surface area contributed by atoms with Crippen LogP contribution in [0, 0.1) is 5.92 Å². The monoisotopic (exact) mass is 212 g/mol. The fraction of sp³-hybridized carbons (Fsp3) is 0.727. The predicted octanol–water partition coefficient (Wildman–Crippen LogP) is 1.98. The van der Waals surface area contributed by atoms with Gasteiger partial charge in [-0.2, -0.15) is 0 Å². The van der Waals surface area contributed by atoms with Crippen molar-refractivity contribution in [2.45, 2.75) is 45.8 Å². The molecule has 0 saturated carbocycles. The number of hydrogen-bond acceptors (Lipinski definition) is 3. The lowest BCUT2D eigenvalue weighted by Gasteiger charge is -2.21. The summed E-state index contributed by atoms with van der Waals surface area (Å²) in [5, 5.41) is 0. The molecule has 1 amide bonds. The van der Waals surface area contributed by atoms with Crippen LogP contribution in [0.2, 0.25) is 0 Å². The van der Waals surface area contributed by atoms with Crippen LogP contribution >= 0.6 is 0 Å². The maximum absolute atomic E-state index is 11.3. The molecule has 0 unspecified atom stereocenters. The van der Waals surface area contributed by atoms with E-state index in [0.29, 0.717) is 5.92 Å². The summed E-state index contributed by atoms with van der Waals surface area (Å²) in [7, 11) is 0. The van der Waals surface area contributed by atoms with Crippen LogP contribution in [0.15, 0.2) is 12.2 Å². The molecule has 15 heavy (non-hydrogen) atoms. The Morgan fingerprint density at radius 2 is 2.07 bits per heavy atom. The molecule has 0 radical (unpaired) electrons. The Labute approximate surface area is 91.0 Å². The van der Waals surface area contributed by atoms with Gasteiger partial charge in [-0.3, -0.25) is 5.43 Å². The van der Waals surface area contributed by atoms with Crippen LogP contribution in [0.5, 0.6) is 0 Å². The van der Waals surface area contributed by atoms with Gasteiger partial charge >= 0.3 is 6.09 Å². The number of amides is 1. The molecule has 2 atom stereocenters. The second kappa shape index (κ2) is 4.66. The number of allylic oxidation sites excluding steroid dienone is 1. The summed E-state index contributed by atoms with van der Waals surface area (Å²) in [6, 6.07) is 0.215. The van der Waals surface area contributed by atoms with Crippen molar-refractivity contribution < 1.29 is 9.53 Å². The van der Waals surface area contributed by atoms with E-state index in [9.17, 15) is 4.79 Å². The van der Waals surface area contributed by atoms with E-state index in [1.165, 1.54) is 0 Å². The van der Waals surface area contributed by atoms with Crippen LogP contribution in [0.3, 0.4) is 0 Å². The average molecular weight is 212 g/mol. The van der Waals surface area contributed by atoms with Crippen molar-refractivity contribution in [2.75, 3.05) is 0 Å². The number of hydrazine groups is 1. The van der Waals surface area contributed by atoms with Gasteiger partial charge in [-0.15, -0.1) is 0 Å². The summed E-state index contributed by atoms with van der Waals surface area (Å²) in [6.07, 6.45) is 4.77. The highest BCUT2D eigenvalue weighted by atomic mass is 16.6. The maximum Gasteiger partial charge on any atom is 0.422 e. The minimum Gasteiger partial charge on any atom is -0.443 e. The Kier molecular flexibility index (Phi) is 3.74. The van der Waals surface area contributed by atoms with E-state index >= 15 is 0 Å². The molecule has 0 aliphatic heterocycles. The summed E-state index contributed by atoms with van der Waals surface area (Å²) >= 11 is 0. The lowest BCUT2D eigenvalue weighted by atomic mass is 10.1. The third-order valence-electron chi connectivity index (χ3n) is 2.06. The topological polar surface area (TPSA) is 50.4 Å². The zero-order valence-electron chi connectivity index (χ0n) is 9.83. The Hall–Kier alpha value is -1.03. The number of carbonyl (C=O) groups excluding carboxylic acids is 1. The Morgan fingerprint density at radius 1 is 1.40 bits per heavy atom. The highest BCUT2D eigenvalue weighted by Gasteiger charge is 2.18. The molecule has 4 heteroatoms. The number of rotatable bonds is 2. The van der Waals surface area contributed by atoms with Crippen molar-refractivity contribution in [1.82, 2.24) is 10.9 Å². The molecule has 1 aliphatic carbocycles. The van der Waals surface area contributed by atoms with Crippen LogP contribution < -0.4 is 10.9 Å². The van der Waals surface area contributed by atoms with Crippen LogP contribution in [0.4, 0.5) is 4.79 Å². The first-order valence-electron chi connectivity index (χ1n) is 5.29. The highest BCUT2D eigenvalue weighted by molar-refractivity contribution is 5.67. The first-order valence-corrected chi connectivity index (χ1v) is 5.29. The molecule has 0 aromatic heterocycles. The quantitative estimate of drug-likeness (QED) is 0.543. The van der Waals surface area contributed by atoms with Gasteiger partial charge in [0, 0.05) is 6.04 Å². The zero-order chi connectivity index (χ0) is 11.5. The third kappa shape index (κ3) is 4.83. The van der Waals surface area contributed by atoms with E-state index in [2.05, 4.69) is 29.9 Å². The molecule has 86 valence electrons. The summed E-state index contributed by atoms with van der Waals surface area (Å²) in [5.74, 6) is 0.572. The lowest BCUT2D eigenvalue weighted by molar-refractivity contribution is 0.0491. The van der Waals surface area contributed by atoms with Crippen LogP contribution in [0.1, 0.15) is 34.1 Å². The van der Waals surface area contributed by atoms with Crippen LogP contribution in [-0.2, 0) is 4.74 Å². The molecule has 0 aromatic carbocycles. The van der Waals surface area contributed by atoms with Gasteiger partial charge in [0.25, 0.3) is 0 Å². The van der Waals surface area contributed by atoms with Gasteiger partial charge in [0.05, 0.1) is 0 Å². The molecular formula is C11H20N2O2. The summed E-state index contributed by atoms with van der Waals surface area (Å²) < 4.78 is 5.09.